The molecule has 0 atom stereocenters. The Morgan fingerprint density at radius 3 is 2.30 bits per heavy atom. The molecule has 2 amide bonds. The molecule has 1 aromatic heterocycles. The molecule has 0 spiro atoms. The molecule has 3 rings (SSSR count). The molecule has 1 aliphatic carbocycles. The van der Waals surface area contributed by atoms with Gasteiger partial charge in [-0.3, -0.25) is 4.79 Å². The van der Waals surface area contributed by atoms with Crippen LogP contribution in [0.5, 0.6) is 11.5 Å². The zero-order valence-corrected chi connectivity index (χ0v) is 16.4. The van der Waals surface area contributed by atoms with Crippen molar-refractivity contribution in [3.05, 3.63) is 52.9 Å². The van der Waals surface area contributed by atoms with Crippen molar-refractivity contribution >= 4 is 11.7 Å². The van der Waals surface area contributed by atoms with Crippen molar-refractivity contribution in [2.75, 3.05) is 12.4 Å². The maximum Gasteiger partial charge on any atom is 0.573 e. The van der Waals surface area contributed by atoms with E-state index >= 15 is 0 Å². The molecule has 1 saturated carbocycles. The Bertz CT molecular complexity index is 847. The van der Waals surface area contributed by atoms with Gasteiger partial charge in [-0.1, -0.05) is 19.3 Å². The average molecular weight is 427 g/mol. The first-order chi connectivity index (χ1) is 14.3. The van der Waals surface area contributed by atoms with E-state index in [4.69, 9.17) is 4.74 Å². The lowest BCUT2D eigenvalue weighted by Crippen LogP contribution is -2.39. The molecule has 2 aromatic rings. The molecule has 0 unspecified atom stereocenters. The maximum atomic E-state index is 12.3. The fraction of sp³-hybridized carbons (Fsp3) is 0.400. The lowest BCUT2D eigenvalue weighted by atomic mass is 9.96. The van der Waals surface area contributed by atoms with Crippen molar-refractivity contribution in [1.82, 2.24) is 10.3 Å². The van der Waals surface area contributed by atoms with Crippen LogP contribution in [0, 0.1) is 0 Å². The molecule has 10 heteroatoms. The highest BCUT2D eigenvalue weighted by Crippen LogP contribution is 2.32. The topological polar surface area (TPSA) is 92.4 Å². The van der Waals surface area contributed by atoms with Gasteiger partial charge in [0.1, 0.15) is 11.5 Å². The Morgan fingerprint density at radius 1 is 1.10 bits per heavy atom. The van der Waals surface area contributed by atoms with Gasteiger partial charge in [0.2, 0.25) is 0 Å². The van der Waals surface area contributed by atoms with Gasteiger partial charge in [-0.25, -0.2) is 4.79 Å². The van der Waals surface area contributed by atoms with Crippen molar-refractivity contribution in [1.29, 1.82) is 0 Å². The first kappa shape index (κ1) is 23.1. The minimum atomic E-state index is -4.80. The number of hydrogen-bond acceptors (Lipinski definition) is 4. The number of methoxy groups -OCH3 is 1. The zero-order chi connectivity index (χ0) is 22.0. The minimum absolute atomic E-state index is 0.0405. The number of anilines is 1. The summed E-state index contributed by atoms with van der Waals surface area (Å²) in [5.74, 6) is -0.176. The van der Waals surface area contributed by atoms with E-state index in [-0.39, 0.29) is 22.9 Å². The van der Waals surface area contributed by atoms with Crippen LogP contribution in [0.25, 0.3) is 0 Å². The largest absolute Gasteiger partial charge is 0.573 e. The molecule has 7 nitrogen and oxygen atoms in total. The number of aromatic nitrogens is 1. The number of urea groups is 1. The summed E-state index contributed by atoms with van der Waals surface area (Å²) in [6, 6.07) is 6.06. The summed E-state index contributed by atoms with van der Waals surface area (Å²) in [5.41, 5.74) is 0.154. The van der Waals surface area contributed by atoms with Gasteiger partial charge in [-0.05, 0) is 25.0 Å². The molecule has 1 aromatic carbocycles. The molecule has 0 saturated heterocycles. The number of halogens is 3. The van der Waals surface area contributed by atoms with E-state index in [0.29, 0.717) is 0 Å². The summed E-state index contributed by atoms with van der Waals surface area (Å²) in [7, 11) is 1.36. The molecule has 0 radical (unpaired) electrons. The van der Waals surface area contributed by atoms with Gasteiger partial charge in [-0.15, -0.1) is 13.2 Å². The van der Waals surface area contributed by atoms with Crippen LogP contribution in [0.3, 0.4) is 0 Å². The lowest BCUT2D eigenvalue weighted by Gasteiger charge is -2.23. The Hall–Kier alpha value is -3.17. The van der Waals surface area contributed by atoms with E-state index in [1.165, 1.54) is 25.3 Å². The molecule has 30 heavy (non-hydrogen) atoms. The van der Waals surface area contributed by atoms with E-state index < -0.39 is 18.1 Å². The SMILES string of the molecule is COc1ccc(OC(F)(F)F)cc1NC(=O)NC1CCCCC1.O=c1cc[nH]cc1. The number of rotatable bonds is 4. The van der Waals surface area contributed by atoms with Gasteiger partial charge >= 0.3 is 12.4 Å². The van der Waals surface area contributed by atoms with Crippen LogP contribution in [0.2, 0.25) is 0 Å². The Kier molecular flexibility index (Phi) is 8.57. The summed E-state index contributed by atoms with van der Waals surface area (Å²) in [6.45, 7) is 0. The van der Waals surface area contributed by atoms with Gasteiger partial charge in [0.15, 0.2) is 5.43 Å². The third kappa shape index (κ3) is 8.46. The Labute approximate surface area is 171 Å². The van der Waals surface area contributed by atoms with Gasteiger partial charge in [0.25, 0.3) is 0 Å². The monoisotopic (exact) mass is 427 g/mol. The highest BCUT2D eigenvalue weighted by Gasteiger charge is 2.31. The standard InChI is InChI=1S/C15H19F3N2O3.C5H5NO/c1-22-13-8-7-11(23-15(16,17)18)9-12(13)20-14(21)19-10-5-3-2-4-6-10;7-5-1-3-6-4-2-5/h7-10H,2-6H2,1H3,(H2,19,20,21);1-4H,(H,6,7). The van der Waals surface area contributed by atoms with Crippen LogP contribution in [-0.4, -0.2) is 30.5 Å². The van der Waals surface area contributed by atoms with Crippen LogP contribution < -0.4 is 25.5 Å². The average Bonchev–Trinajstić information content (AvgIpc) is 2.69. The number of hydrogen-bond donors (Lipinski definition) is 3. The van der Waals surface area contributed by atoms with Crippen LogP contribution in [0.15, 0.2) is 47.5 Å². The Morgan fingerprint density at radius 2 is 1.77 bits per heavy atom. The normalized spacial score (nSPS) is 14.1. The minimum Gasteiger partial charge on any atom is -0.495 e. The highest BCUT2D eigenvalue weighted by atomic mass is 19.4. The van der Waals surface area contributed by atoms with Gasteiger partial charge in [0.05, 0.1) is 12.8 Å². The third-order valence-corrected chi connectivity index (χ3v) is 4.28. The van der Waals surface area contributed by atoms with Crippen molar-refractivity contribution in [3.8, 4) is 11.5 Å². The quantitative estimate of drug-likeness (QED) is 0.673. The summed E-state index contributed by atoms with van der Waals surface area (Å²) in [4.78, 5) is 25.0. The predicted octanol–water partition coefficient (Wildman–Crippen LogP) is 4.42. The summed E-state index contributed by atoms with van der Waals surface area (Å²) >= 11 is 0. The first-order valence-electron chi connectivity index (χ1n) is 9.41. The summed E-state index contributed by atoms with van der Waals surface area (Å²) in [5, 5.41) is 5.33. The predicted molar refractivity (Wildman–Crippen MR) is 106 cm³/mol. The van der Waals surface area contributed by atoms with Crippen molar-refractivity contribution in [3.63, 3.8) is 0 Å². The number of amides is 2. The smallest absolute Gasteiger partial charge is 0.495 e. The van der Waals surface area contributed by atoms with Crippen LogP contribution in [0.1, 0.15) is 32.1 Å². The fourth-order valence-electron chi connectivity index (χ4n) is 2.94. The molecule has 164 valence electrons. The molecule has 1 heterocycles. The number of aromatic amines is 1. The lowest BCUT2D eigenvalue weighted by molar-refractivity contribution is -0.274. The van der Waals surface area contributed by atoms with Crippen molar-refractivity contribution in [2.24, 2.45) is 0 Å². The Balaban J connectivity index is 0.000000386. The number of carbonyl (C=O) groups excluding carboxylic acids is 1. The molecule has 1 aliphatic rings. The second kappa shape index (κ2) is 11.1. The van der Waals surface area contributed by atoms with E-state index in [9.17, 15) is 22.8 Å². The summed E-state index contributed by atoms with van der Waals surface area (Å²) < 4.78 is 45.7. The van der Waals surface area contributed by atoms with Gasteiger partial charge in [-0.2, -0.15) is 0 Å². The van der Waals surface area contributed by atoms with Crippen LogP contribution >= 0.6 is 0 Å². The van der Waals surface area contributed by atoms with Gasteiger partial charge in [0, 0.05) is 36.6 Å². The maximum absolute atomic E-state index is 12.3. The zero-order valence-electron chi connectivity index (χ0n) is 16.4. The van der Waals surface area contributed by atoms with Gasteiger partial charge < -0.3 is 25.1 Å². The molecule has 3 N–H and O–H groups in total. The second-order valence-electron chi connectivity index (χ2n) is 6.58. The molecule has 0 aliphatic heterocycles. The summed E-state index contributed by atoms with van der Waals surface area (Å²) in [6.07, 6.45) is 3.49. The molecule has 1 fully saturated rings. The van der Waals surface area contributed by atoms with E-state index in [2.05, 4.69) is 20.4 Å². The van der Waals surface area contributed by atoms with Crippen LogP contribution in [0.4, 0.5) is 23.7 Å². The fourth-order valence-corrected chi connectivity index (χ4v) is 2.94. The third-order valence-electron chi connectivity index (χ3n) is 4.28. The number of ether oxygens (including phenoxy) is 2. The van der Waals surface area contributed by atoms with E-state index in [0.717, 1.165) is 44.2 Å². The highest BCUT2D eigenvalue weighted by molar-refractivity contribution is 5.91. The second-order valence-corrected chi connectivity index (χ2v) is 6.58. The molecular formula is C20H24F3N3O4. The van der Waals surface area contributed by atoms with E-state index in [1.807, 2.05) is 0 Å². The number of nitrogens with one attached hydrogen (secondary N) is 3. The molecular weight excluding hydrogens is 403 g/mol. The van der Waals surface area contributed by atoms with Crippen molar-refractivity contribution < 1.29 is 27.4 Å². The van der Waals surface area contributed by atoms with Crippen LogP contribution in [-0.2, 0) is 0 Å². The number of H-pyrrole nitrogens is 1. The number of carbonyl (C=O) groups is 1. The number of alkyl halides is 3. The number of pyridine rings is 1. The first-order valence-corrected chi connectivity index (χ1v) is 9.41. The van der Waals surface area contributed by atoms with E-state index in [1.54, 1.807) is 12.4 Å². The van der Waals surface area contributed by atoms with Crippen molar-refractivity contribution in [2.45, 2.75) is 44.5 Å². The molecule has 0 bridgehead atoms. The number of benzene rings is 1.